The third-order valence-corrected chi connectivity index (χ3v) is 4.66. The van der Waals surface area contributed by atoms with Crippen molar-refractivity contribution in [2.24, 2.45) is 0 Å². The number of carbonyl (C=O) groups is 2. The highest BCUT2D eigenvalue weighted by molar-refractivity contribution is 5.90. The summed E-state index contributed by atoms with van der Waals surface area (Å²) in [5.74, 6) is -2.23. The van der Waals surface area contributed by atoms with Crippen molar-refractivity contribution in [3.63, 3.8) is 0 Å². The Labute approximate surface area is 186 Å². The number of alkyl halides is 2. The van der Waals surface area contributed by atoms with Gasteiger partial charge in [-0.1, -0.05) is 24.3 Å². The van der Waals surface area contributed by atoms with Gasteiger partial charge in [-0.05, 0) is 35.9 Å². The summed E-state index contributed by atoms with van der Waals surface area (Å²) < 4.78 is 44.3. The Hall–Kier alpha value is -3.86. The Morgan fingerprint density at radius 1 is 1.18 bits per heavy atom. The molecule has 174 valence electrons. The predicted molar refractivity (Wildman–Crippen MR) is 115 cm³/mol. The van der Waals surface area contributed by atoms with Gasteiger partial charge < -0.3 is 20.5 Å². The molecular formula is C22H20F3N3O5. The van der Waals surface area contributed by atoms with Crippen LogP contribution in [-0.2, 0) is 9.53 Å². The summed E-state index contributed by atoms with van der Waals surface area (Å²) in [7, 11) is 0. The molecule has 0 spiro atoms. The van der Waals surface area contributed by atoms with Gasteiger partial charge in [0.05, 0.1) is 36.8 Å². The summed E-state index contributed by atoms with van der Waals surface area (Å²) in [6.07, 6.45) is -1.74. The first kappa shape index (κ1) is 23.8. The summed E-state index contributed by atoms with van der Waals surface area (Å²) in [5, 5.41) is 13.5. The number of aliphatic hydroxyl groups excluding tert-OH is 1. The minimum atomic E-state index is -3.18. The van der Waals surface area contributed by atoms with Gasteiger partial charge in [0.1, 0.15) is 11.9 Å². The first-order chi connectivity index (χ1) is 15.8. The number of amides is 2. The normalized spacial score (nSPS) is 15.7. The van der Waals surface area contributed by atoms with Crippen molar-refractivity contribution in [1.29, 1.82) is 0 Å². The molecule has 3 rings (SSSR count). The number of ether oxygens (including phenoxy) is 1. The van der Waals surface area contributed by atoms with E-state index in [4.69, 9.17) is 9.84 Å². The van der Waals surface area contributed by atoms with Crippen molar-refractivity contribution in [1.82, 2.24) is 5.32 Å². The number of aliphatic hydroxyl groups is 1. The molecular weight excluding hydrogens is 443 g/mol. The second-order valence-electron chi connectivity index (χ2n) is 6.98. The number of benzene rings is 1. The van der Waals surface area contributed by atoms with Gasteiger partial charge in [0.2, 0.25) is 5.43 Å². The van der Waals surface area contributed by atoms with E-state index < -0.39 is 30.3 Å². The zero-order valence-corrected chi connectivity index (χ0v) is 17.1. The Bertz CT molecular complexity index is 1130. The third kappa shape index (κ3) is 6.10. The lowest BCUT2D eigenvalue weighted by molar-refractivity contribution is -0.132. The van der Waals surface area contributed by atoms with E-state index in [1.165, 1.54) is 30.3 Å². The molecule has 1 fully saturated rings. The van der Waals surface area contributed by atoms with Crippen LogP contribution in [-0.4, -0.2) is 49.3 Å². The Morgan fingerprint density at radius 3 is 2.61 bits per heavy atom. The molecule has 2 amide bonds. The number of rotatable bonds is 8. The maximum absolute atomic E-state index is 14.7. The average Bonchev–Trinajstić information content (AvgIpc) is 3.07. The van der Waals surface area contributed by atoms with Crippen molar-refractivity contribution in [2.75, 3.05) is 29.9 Å². The summed E-state index contributed by atoms with van der Waals surface area (Å²) in [6.45, 7) is -0.528. The van der Waals surface area contributed by atoms with Crippen LogP contribution in [0.5, 0.6) is 0 Å². The van der Waals surface area contributed by atoms with Crippen LogP contribution in [0.3, 0.4) is 0 Å². The minimum absolute atomic E-state index is 0.0113. The van der Waals surface area contributed by atoms with Gasteiger partial charge in [-0.2, -0.15) is 8.78 Å². The first-order valence-electron chi connectivity index (χ1n) is 9.81. The van der Waals surface area contributed by atoms with Gasteiger partial charge in [-0.3, -0.25) is 14.5 Å². The number of nitrogens with one attached hydrogen (secondary N) is 2. The van der Waals surface area contributed by atoms with Crippen molar-refractivity contribution in [3.8, 4) is 0 Å². The van der Waals surface area contributed by atoms with E-state index in [2.05, 4.69) is 5.32 Å². The molecule has 11 heteroatoms. The average molecular weight is 463 g/mol. The van der Waals surface area contributed by atoms with Crippen LogP contribution in [0, 0.1) is 5.82 Å². The molecule has 0 bridgehead atoms. The molecule has 1 saturated heterocycles. The second-order valence-corrected chi connectivity index (χ2v) is 6.98. The van der Waals surface area contributed by atoms with E-state index >= 15 is 0 Å². The molecule has 8 nitrogen and oxygen atoms in total. The highest BCUT2D eigenvalue weighted by Gasteiger charge is 2.33. The molecule has 2 aromatic rings. The molecule has 1 atom stereocenters. The van der Waals surface area contributed by atoms with Crippen LogP contribution in [0.25, 0.3) is 6.08 Å². The fourth-order valence-electron chi connectivity index (χ4n) is 3.03. The van der Waals surface area contributed by atoms with E-state index in [0.29, 0.717) is 5.56 Å². The fourth-order valence-corrected chi connectivity index (χ4v) is 3.03. The van der Waals surface area contributed by atoms with Crippen LogP contribution in [0.1, 0.15) is 5.56 Å². The quantitative estimate of drug-likeness (QED) is 0.556. The summed E-state index contributed by atoms with van der Waals surface area (Å²) in [4.78, 5) is 36.4. The van der Waals surface area contributed by atoms with Gasteiger partial charge in [0, 0.05) is 0 Å². The van der Waals surface area contributed by atoms with E-state index in [-0.39, 0.29) is 42.2 Å². The maximum Gasteiger partial charge on any atom is 0.414 e. The monoisotopic (exact) mass is 463 g/mol. The van der Waals surface area contributed by atoms with Crippen LogP contribution < -0.4 is 21.0 Å². The molecule has 0 unspecified atom stereocenters. The Balaban J connectivity index is 1.71. The van der Waals surface area contributed by atoms with Gasteiger partial charge in [0.25, 0.3) is 5.91 Å². The number of halogens is 3. The van der Waals surface area contributed by atoms with Crippen LogP contribution in [0.2, 0.25) is 0 Å². The largest absolute Gasteiger partial charge is 0.442 e. The Kier molecular flexibility index (Phi) is 7.67. The zero-order chi connectivity index (χ0) is 24.0. The molecule has 0 aliphatic carbocycles. The highest BCUT2D eigenvalue weighted by Crippen LogP contribution is 2.27. The number of cyclic esters (lactones) is 1. The minimum Gasteiger partial charge on any atom is -0.442 e. The molecule has 3 N–H and O–H groups in total. The molecule has 0 radical (unpaired) electrons. The SMILES string of the molecule is O=C(NC[C@H]1CN(c2ccc(Nc3ccc(/C=C/CO)ccc3=O)c(F)c2)C(=O)O1)C(F)F. The van der Waals surface area contributed by atoms with Crippen molar-refractivity contribution >= 4 is 35.1 Å². The summed E-state index contributed by atoms with van der Waals surface area (Å²) >= 11 is 0. The van der Waals surface area contributed by atoms with Crippen molar-refractivity contribution in [3.05, 3.63) is 70.1 Å². The number of hydrogen-bond donors (Lipinski definition) is 3. The maximum atomic E-state index is 14.7. The molecule has 0 aromatic heterocycles. The van der Waals surface area contributed by atoms with E-state index in [1.807, 2.05) is 5.32 Å². The molecule has 33 heavy (non-hydrogen) atoms. The second kappa shape index (κ2) is 10.6. The summed E-state index contributed by atoms with van der Waals surface area (Å²) in [5.41, 5.74) is 0.530. The number of carbonyl (C=O) groups excluding carboxylic acids is 2. The van der Waals surface area contributed by atoms with Gasteiger partial charge in [-0.15, -0.1) is 0 Å². The lowest BCUT2D eigenvalue weighted by Gasteiger charge is -2.15. The molecule has 1 aliphatic heterocycles. The predicted octanol–water partition coefficient (Wildman–Crippen LogP) is 2.64. The third-order valence-electron chi connectivity index (χ3n) is 4.66. The van der Waals surface area contributed by atoms with Crippen LogP contribution in [0.4, 0.5) is 35.0 Å². The van der Waals surface area contributed by atoms with E-state index in [0.717, 1.165) is 11.0 Å². The van der Waals surface area contributed by atoms with Gasteiger partial charge in [-0.25, -0.2) is 9.18 Å². The smallest absolute Gasteiger partial charge is 0.414 e. The highest BCUT2D eigenvalue weighted by atomic mass is 19.3. The van der Waals surface area contributed by atoms with E-state index in [9.17, 15) is 27.6 Å². The van der Waals surface area contributed by atoms with Gasteiger partial charge >= 0.3 is 12.5 Å². The van der Waals surface area contributed by atoms with Crippen LogP contribution >= 0.6 is 0 Å². The van der Waals surface area contributed by atoms with Crippen molar-refractivity contribution < 1.29 is 32.6 Å². The molecule has 0 saturated carbocycles. The van der Waals surface area contributed by atoms with Crippen molar-refractivity contribution in [2.45, 2.75) is 12.5 Å². The van der Waals surface area contributed by atoms with Crippen LogP contribution in [0.15, 0.2) is 53.3 Å². The number of anilines is 3. The summed E-state index contributed by atoms with van der Waals surface area (Å²) in [6, 6.07) is 9.78. The first-order valence-corrected chi connectivity index (χ1v) is 9.81. The lowest BCUT2D eigenvalue weighted by atomic mass is 10.2. The fraction of sp³-hybridized carbons (Fsp3) is 0.227. The number of nitrogens with zero attached hydrogens (tertiary/aromatic N) is 1. The topological polar surface area (TPSA) is 108 Å². The lowest BCUT2D eigenvalue weighted by Crippen LogP contribution is -2.37. The Morgan fingerprint density at radius 2 is 1.91 bits per heavy atom. The molecule has 2 aromatic carbocycles. The standard InChI is InChI=1S/C22H20F3N3O5/c23-16-10-14(28-12-15(33-22(28)32)11-26-21(31)20(24)25)5-7-17(16)27-18-6-3-13(2-1-9-29)4-8-19(18)30/h1-8,10,15,20,29H,9,11-12H2,(H,26,31)(H,27,30)/b2-1+/t15-/m0/s1. The van der Waals surface area contributed by atoms with Gasteiger partial charge in [0.15, 0.2) is 0 Å². The zero-order valence-electron chi connectivity index (χ0n) is 17.1. The number of hydrogen-bond acceptors (Lipinski definition) is 6. The molecule has 1 heterocycles. The molecule has 1 aliphatic rings. The van der Waals surface area contributed by atoms with E-state index in [1.54, 1.807) is 18.2 Å².